The Kier molecular flexibility index (Phi) is 2.32. The first-order valence-electron chi connectivity index (χ1n) is 4.11. The Morgan fingerprint density at radius 2 is 2.50 bits per heavy atom. The van der Waals surface area contributed by atoms with Crippen LogP contribution in [-0.2, 0) is 0 Å². The van der Waals surface area contributed by atoms with E-state index in [0.29, 0.717) is 5.56 Å². The molecule has 0 bridgehead atoms. The van der Waals surface area contributed by atoms with E-state index in [1.165, 1.54) is 11.3 Å². The molecular formula is C9H9N3OS. The number of aromatic nitrogens is 2. The molecule has 0 atom stereocenters. The molecule has 2 rings (SSSR count). The predicted octanol–water partition coefficient (Wildman–Crippen LogP) is 1.50. The molecule has 0 saturated carbocycles. The molecule has 0 aromatic carbocycles. The number of hydrogen-bond acceptors (Lipinski definition) is 3. The topological polar surface area (TPSA) is 57.8 Å². The van der Waals surface area contributed by atoms with E-state index in [1.807, 2.05) is 11.4 Å². The molecule has 72 valence electrons. The number of H-pyrrole nitrogens is 1. The summed E-state index contributed by atoms with van der Waals surface area (Å²) in [6.45, 7) is 0. The van der Waals surface area contributed by atoms with Crippen molar-refractivity contribution in [2.24, 2.45) is 0 Å². The number of hydrogen-bond donors (Lipinski definition) is 2. The molecule has 0 aliphatic carbocycles. The van der Waals surface area contributed by atoms with Gasteiger partial charge in [0.15, 0.2) is 0 Å². The number of carbonyl (C=O) groups excluding carboxylic acids is 1. The number of nitrogens with one attached hydrogen (secondary N) is 2. The van der Waals surface area contributed by atoms with Gasteiger partial charge in [0, 0.05) is 29.1 Å². The smallest absolute Gasteiger partial charge is 0.251 e. The van der Waals surface area contributed by atoms with Crippen molar-refractivity contribution < 1.29 is 4.79 Å². The summed E-state index contributed by atoms with van der Waals surface area (Å²) in [5.74, 6) is -0.0593. The van der Waals surface area contributed by atoms with Gasteiger partial charge in [-0.05, 0) is 6.07 Å². The Morgan fingerprint density at radius 1 is 1.64 bits per heavy atom. The van der Waals surface area contributed by atoms with Crippen LogP contribution in [0.2, 0.25) is 0 Å². The Hall–Kier alpha value is -1.62. The fourth-order valence-electron chi connectivity index (χ4n) is 1.14. The lowest BCUT2D eigenvalue weighted by Gasteiger charge is -1.92. The van der Waals surface area contributed by atoms with Crippen LogP contribution in [0.1, 0.15) is 10.4 Å². The molecule has 0 unspecified atom stereocenters. The number of nitrogens with zero attached hydrogens (tertiary/aromatic N) is 1. The molecule has 1 amide bonds. The highest BCUT2D eigenvalue weighted by molar-refractivity contribution is 7.13. The Morgan fingerprint density at radius 3 is 3.14 bits per heavy atom. The minimum atomic E-state index is -0.0593. The van der Waals surface area contributed by atoms with E-state index in [9.17, 15) is 4.79 Å². The summed E-state index contributed by atoms with van der Waals surface area (Å²) in [5, 5.41) is 11.0. The maximum atomic E-state index is 11.3. The van der Waals surface area contributed by atoms with Crippen molar-refractivity contribution >= 4 is 17.2 Å². The molecule has 5 heteroatoms. The quantitative estimate of drug-likeness (QED) is 0.784. The molecule has 0 fully saturated rings. The third-order valence-electron chi connectivity index (χ3n) is 1.87. The summed E-state index contributed by atoms with van der Waals surface area (Å²) in [6, 6.07) is 1.86. The van der Waals surface area contributed by atoms with Crippen LogP contribution in [0.5, 0.6) is 0 Å². The fraction of sp³-hybridized carbons (Fsp3) is 0.111. The third kappa shape index (κ3) is 1.54. The van der Waals surface area contributed by atoms with Crippen molar-refractivity contribution in [2.75, 3.05) is 7.05 Å². The molecule has 0 spiro atoms. The van der Waals surface area contributed by atoms with Gasteiger partial charge < -0.3 is 5.32 Å². The number of aromatic amines is 1. The Balaban J connectivity index is 2.31. The predicted molar refractivity (Wildman–Crippen MR) is 55.3 cm³/mol. The SMILES string of the molecule is CNC(=O)c1csc(-c2cn[nH]c2)c1. The fourth-order valence-corrected chi connectivity index (χ4v) is 2.01. The van der Waals surface area contributed by atoms with E-state index < -0.39 is 0 Å². The standard InChI is InChI=1S/C9H9N3OS/c1-10-9(13)6-2-8(14-5-6)7-3-11-12-4-7/h2-5H,1H3,(H,10,13)(H,11,12). The summed E-state index contributed by atoms with van der Waals surface area (Å²) >= 11 is 1.53. The van der Waals surface area contributed by atoms with Crippen LogP contribution in [-0.4, -0.2) is 23.2 Å². The van der Waals surface area contributed by atoms with Gasteiger partial charge >= 0.3 is 0 Å². The molecule has 0 aliphatic heterocycles. The second-order valence-electron chi connectivity index (χ2n) is 2.77. The molecule has 4 nitrogen and oxygen atoms in total. The lowest BCUT2D eigenvalue weighted by atomic mass is 10.2. The molecule has 0 saturated heterocycles. The molecular weight excluding hydrogens is 198 g/mol. The van der Waals surface area contributed by atoms with E-state index in [1.54, 1.807) is 19.4 Å². The first-order valence-corrected chi connectivity index (χ1v) is 4.99. The molecule has 2 aromatic rings. The van der Waals surface area contributed by atoms with Crippen molar-refractivity contribution in [1.82, 2.24) is 15.5 Å². The second-order valence-corrected chi connectivity index (χ2v) is 3.68. The van der Waals surface area contributed by atoms with Crippen molar-refractivity contribution in [3.63, 3.8) is 0 Å². The van der Waals surface area contributed by atoms with E-state index in [-0.39, 0.29) is 5.91 Å². The summed E-state index contributed by atoms with van der Waals surface area (Å²) < 4.78 is 0. The number of carbonyl (C=O) groups is 1. The molecule has 2 N–H and O–H groups in total. The first-order chi connectivity index (χ1) is 6.81. The van der Waals surface area contributed by atoms with Crippen molar-refractivity contribution in [2.45, 2.75) is 0 Å². The van der Waals surface area contributed by atoms with E-state index >= 15 is 0 Å². The van der Waals surface area contributed by atoms with Crippen LogP contribution < -0.4 is 5.32 Å². The third-order valence-corrected chi connectivity index (χ3v) is 2.85. The number of amides is 1. The summed E-state index contributed by atoms with van der Waals surface area (Å²) in [7, 11) is 1.62. The van der Waals surface area contributed by atoms with Crippen molar-refractivity contribution in [3.8, 4) is 10.4 Å². The van der Waals surface area contributed by atoms with Gasteiger partial charge in [-0.3, -0.25) is 9.89 Å². The molecule has 2 aromatic heterocycles. The van der Waals surface area contributed by atoms with Gasteiger partial charge in [0.05, 0.1) is 11.8 Å². The highest BCUT2D eigenvalue weighted by atomic mass is 32.1. The average Bonchev–Trinajstić information content (AvgIpc) is 2.86. The minimum Gasteiger partial charge on any atom is -0.355 e. The summed E-state index contributed by atoms with van der Waals surface area (Å²) in [4.78, 5) is 12.3. The van der Waals surface area contributed by atoms with Gasteiger partial charge in [-0.25, -0.2) is 0 Å². The molecule has 14 heavy (non-hydrogen) atoms. The lowest BCUT2D eigenvalue weighted by Crippen LogP contribution is -2.16. The van der Waals surface area contributed by atoms with Crippen LogP contribution in [0, 0.1) is 0 Å². The van der Waals surface area contributed by atoms with Gasteiger partial charge in [0.25, 0.3) is 5.91 Å². The molecule has 0 radical (unpaired) electrons. The zero-order chi connectivity index (χ0) is 9.97. The van der Waals surface area contributed by atoms with Crippen LogP contribution >= 0.6 is 11.3 Å². The van der Waals surface area contributed by atoms with E-state index in [0.717, 1.165) is 10.4 Å². The van der Waals surface area contributed by atoms with Crippen LogP contribution in [0.4, 0.5) is 0 Å². The minimum absolute atomic E-state index is 0.0593. The van der Waals surface area contributed by atoms with Crippen molar-refractivity contribution in [3.05, 3.63) is 29.4 Å². The molecule has 2 heterocycles. The van der Waals surface area contributed by atoms with Gasteiger partial charge in [-0.15, -0.1) is 11.3 Å². The summed E-state index contributed by atoms with van der Waals surface area (Å²) in [5.41, 5.74) is 1.69. The van der Waals surface area contributed by atoms with Crippen LogP contribution in [0.3, 0.4) is 0 Å². The molecule has 0 aliphatic rings. The first kappa shape index (κ1) is 8.96. The van der Waals surface area contributed by atoms with Crippen molar-refractivity contribution in [1.29, 1.82) is 0 Å². The van der Waals surface area contributed by atoms with E-state index in [4.69, 9.17) is 0 Å². The number of thiophene rings is 1. The largest absolute Gasteiger partial charge is 0.355 e. The zero-order valence-electron chi connectivity index (χ0n) is 7.57. The Labute approximate surface area is 85.0 Å². The number of rotatable bonds is 2. The maximum absolute atomic E-state index is 11.3. The van der Waals surface area contributed by atoms with Crippen LogP contribution in [0.25, 0.3) is 10.4 Å². The maximum Gasteiger partial charge on any atom is 0.251 e. The average molecular weight is 207 g/mol. The van der Waals surface area contributed by atoms with Gasteiger partial charge in [-0.2, -0.15) is 5.10 Å². The highest BCUT2D eigenvalue weighted by Crippen LogP contribution is 2.25. The monoisotopic (exact) mass is 207 g/mol. The lowest BCUT2D eigenvalue weighted by molar-refractivity contribution is 0.0963. The zero-order valence-corrected chi connectivity index (χ0v) is 8.39. The summed E-state index contributed by atoms with van der Waals surface area (Å²) in [6.07, 6.45) is 3.54. The van der Waals surface area contributed by atoms with E-state index in [2.05, 4.69) is 15.5 Å². The van der Waals surface area contributed by atoms with Gasteiger partial charge in [0.2, 0.25) is 0 Å². The Bertz CT molecular complexity index is 433. The normalized spacial score (nSPS) is 10.1. The second kappa shape index (κ2) is 3.63. The van der Waals surface area contributed by atoms with Gasteiger partial charge in [-0.1, -0.05) is 0 Å². The highest BCUT2D eigenvalue weighted by Gasteiger charge is 2.08. The van der Waals surface area contributed by atoms with Crippen LogP contribution in [0.15, 0.2) is 23.8 Å². The van der Waals surface area contributed by atoms with Gasteiger partial charge in [0.1, 0.15) is 0 Å².